The Hall–Kier alpha value is -1.98. The van der Waals surface area contributed by atoms with Gasteiger partial charge < -0.3 is 4.98 Å². The molecule has 0 aliphatic rings. The predicted molar refractivity (Wildman–Crippen MR) is 83.8 cm³/mol. The van der Waals surface area contributed by atoms with Crippen molar-refractivity contribution in [2.45, 2.75) is 6.54 Å². The maximum Gasteiger partial charge on any atom is 0.305 e. The van der Waals surface area contributed by atoms with Crippen LogP contribution in [0.1, 0.15) is 4.88 Å². The molecule has 0 aliphatic carbocycles. The Balaban J connectivity index is 2.30. The van der Waals surface area contributed by atoms with E-state index in [9.17, 15) is 4.79 Å². The van der Waals surface area contributed by atoms with Crippen molar-refractivity contribution in [1.29, 1.82) is 0 Å². The fraction of sp³-hybridized carbons (Fsp3) is 0.200. The van der Waals surface area contributed by atoms with Gasteiger partial charge in [0.05, 0.1) is 5.69 Å². The quantitative estimate of drug-likeness (QED) is 0.797. The Bertz CT molecular complexity index is 620. The number of hydrogen-bond donors (Lipinski definition) is 1. The summed E-state index contributed by atoms with van der Waals surface area (Å²) in [5.41, 5.74) is 1.85. The summed E-state index contributed by atoms with van der Waals surface area (Å²) in [6.07, 6.45) is 7.15. The van der Waals surface area contributed by atoms with Gasteiger partial charge in [-0.2, -0.15) is 0 Å². The molecule has 0 spiro atoms. The Morgan fingerprint density at radius 2 is 1.90 bits per heavy atom. The molecular formula is C15H17N3OS. The van der Waals surface area contributed by atoms with Crippen LogP contribution >= 0.6 is 11.3 Å². The van der Waals surface area contributed by atoms with Crippen LogP contribution in [-0.2, 0) is 6.54 Å². The number of H-pyrrole nitrogens is 1. The second-order valence-electron chi connectivity index (χ2n) is 4.32. The highest BCUT2D eigenvalue weighted by Crippen LogP contribution is 2.23. The highest BCUT2D eigenvalue weighted by molar-refractivity contribution is 7.09. The van der Waals surface area contributed by atoms with E-state index < -0.39 is 0 Å². The Morgan fingerprint density at radius 3 is 2.50 bits per heavy atom. The summed E-state index contributed by atoms with van der Waals surface area (Å²) in [7, 11) is 0. The molecule has 0 bridgehead atoms. The van der Waals surface area contributed by atoms with Crippen molar-refractivity contribution in [1.82, 2.24) is 14.9 Å². The zero-order valence-electron chi connectivity index (χ0n) is 11.2. The second-order valence-corrected chi connectivity index (χ2v) is 5.39. The molecule has 0 atom stereocenters. The molecule has 20 heavy (non-hydrogen) atoms. The summed E-state index contributed by atoms with van der Waals surface area (Å²) in [6.45, 7) is 9.73. The third-order valence-electron chi connectivity index (χ3n) is 2.83. The predicted octanol–water partition coefficient (Wildman–Crippen LogP) is 2.67. The Morgan fingerprint density at radius 1 is 1.25 bits per heavy atom. The molecule has 0 aliphatic heterocycles. The largest absolute Gasteiger partial charge is 0.312 e. The minimum absolute atomic E-state index is 0.0380. The van der Waals surface area contributed by atoms with Gasteiger partial charge in [-0.05, 0) is 12.1 Å². The number of rotatable bonds is 7. The van der Waals surface area contributed by atoms with Crippen molar-refractivity contribution in [3.8, 4) is 11.3 Å². The number of aromatic amines is 1. The second kappa shape index (κ2) is 6.98. The summed E-state index contributed by atoms with van der Waals surface area (Å²) in [6, 6.07) is 3.79. The highest BCUT2D eigenvalue weighted by Gasteiger charge is 2.13. The lowest BCUT2D eigenvalue weighted by Crippen LogP contribution is -2.23. The average Bonchev–Trinajstić information content (AvgIpc) is 2.81. The summed E-state index contributed by atoms with van der Waals surface area (Å²) >= 11 is 1.25. The van der Waals surface area contributed by atoms with E-state index in [4.69, 9.17) is 0 Å². The van der Waals surface area contributed by atoms with Crippen LogP contribution in [0.5, 0.6) is 0 Å². The average molecular weight is 287 g/mol. The number of aromatic nitrogens is 2. The first kappa shape index (κ1) is 14.4. The van der Waals surface area contributed by atoms with E-state index in [1.165, 1.54) is 11.3 Å². The van der Waals surface area contributed by atoms with Gasteiger partial charge in [0.1, 0.15) is 0 Å². The van der Waals surface area contributed by atoms with E-state index >= 15 is 0 Å². The van der Waals surface area contributed by atoms with Gasteiger partial charge in [0, 0.05) is 42.5 Å². The van der Waals surface area contributed by atoms with Crippen molar-refractivity contribution in [3.63, 3.8) is 0 Å². The van der Waals surface area contributed by atoms with E-state index in [0.29, 0.717) is 6.54 Å². The summed E-state index contributed by atoms with van der Waals surface area (Å²) < 4.78 is 0. The van der Waals surface area contributed by atoms with E-state index in [1.54, 1.807) is 12.4 Å². The van der Waals surface area contributed by atoms with Gasteiger partial charge in [-0.1, -0.05) is 23.5 Å². The molecule has 0 amide bonds. The lowest BCUT2D eigenvalue weighted by Gasteiger charge is -2.18. The molecule has 104 valence electrons. The zero-order valence-corrected chi connectivity index (χ0v) is 12.0. The van der Waals surface area contributed by atoms with Gasteiger partial charge in [0.25, 0.3) is 0 Å². The fourth-order valence-corrected chi connectivity index (χ4v) is 2.89. The van der Waals surface area contributed by atoms with Crippen LogP contribution in [0.2, 0.25) is 0 Å². The number of hydrogen-bond acceptors (Lipinski definition) is 4. The Labute approximate surface area is 122 Å². The molecule has 0 fully saturated rings. The van der Waals surface area contributed by atoms with Crippen LogP contribution in [0.3, 0.4) is 0 Å². The molecule has 0 saturated heterocycles. The molecule has 0 saturated carbocycles. The first-order chi connectivity index (χ1) is 9.74. The first-order valence-electron chi connectivity index (χ1n) is 6.31. The van der Waals surface area contributed by atoms with E-state index in [-0.39, 0.29) is 4.87 Å². The van der Waals surface area contributed by atoms with Crippen LogP contribution in [0.4, 0.5) is 0 Å². The summed E-state index contributed by atoms with van der Waals surface area (Å²) in [4.78, 5) is 21.7. The molecule has 0 unspecified atom stereocenters. The monoisotopic (exact) mass is 287 g/mol. The normalized spacial score (nSPS) is 10.7. The minimum atomic E-state index is -0.0380. The SMILES string of the molecule is C=CCN(CC=C)Cc1sc(=O)[nH]c1-c1ccncc1. The van der Waals surface area contributed by atoms with Crippen LogP contribution in [0, 0.1) is 0 Å². The van der Waals surface area contributed by atoms with Crippen molar-refractivity contribution in [2.75, 3.05) is 13.1 Å². The zero-order chi connectivity index (χ0) is 14.4. The van der Waals surface area contributed by atoms with Crippen LogP contribution in [0.25, 0.3) is 11.3 Å². The smallest absolute Gasteiger partial charge is 0.305 e. The van der Waals surface area contributed by atoms with Gasteiger partial charge in [-0.15, -0.1) is 13.2 Å². The molecule has 0 radical (unpaired) electrons. The molecule has 1 N–H and O–H groups in total. The molecule has 4 nitrogen and oxygen atoms in total. The van der Waals surface area contributed by atoms with Gasteiger partial charge in [-0.25, -0.2) is 0 Å². The Kier molecular flexibility index (Phi) is 5.03. The van der Waals surface area contributed by atoms with Crippen molar-refractivity contribution in [2.24, 2.45) is 0 Å². The van der Waals surface area contributed by atoms with Gasteiger partial charge >= 0.3 is 4.87 Å². The summed E-state index contributed by atoms with van der Waals surface area (Å²) in [5, 5.41) is 0. The number of pyridine rings is 1. The van der Waals surface area contributed by atoms with E-state index in [2.05, 4.69) is 28.0 Å². The van der Waals surface area contributed by atoms with Crippen molar-refractivity contribution < 1.29 is 0 Å². The number of nitrogens with one attached hydrogen (secondary N) is 1. The van der Waals surface area contributed by atoms with Gasteiger partial charge in [0.2, 0.25) is 0 Å². The standard InChI is InChI=1S/C15H17N3OS/c1-3-9-18(10-4-2)11-13-14(17-15(19)20-13)12-5-7-16-8-6-12/h3-8H,1-2,9-11H2,(H,17,19). The lowest BCUT2D eigenvalue weighted by atomic mass is 10.2. The van der Waals surface area contributed by atoms with Gasteiger partial charge in [-0.3, -0.25) is 14.7 Å². The topological polar surface area (TPSA) is 49.0 Å². The summed E-state index contributed by atoms with van der Waals surface area (Å²) in [5.74, 6) is 0. The van der Waals surface area contributed by atoms with E-state index in [0.717, 1.165) is 29.2 Å². The third kappa shape index (κ3) is 3.53. The number of thiazole rings is 1. The third-order valence-corrected chi connectivity index (χ3v) is 3.70. The molecule has 2 rings (SSSR count). The van der Waals surface area contributed by atoms with Crippen LogP contribution < -0.4 is 4.87 Å². The maximum absolute atomic E-state index is 11.7. The molecule has 5 heteroatoms. The van der Waals surface area contributed by atoms with Crippen molar-refractivity contribution in [3.05, 3.63) is 64.4 Å². The maximum atomic E-state index is 11.7. The fourth-order valence-electron chi connectivity index (χ4n) is 2.00. The molecular weight excluding hydrogens is 270 g/mol. The highest BCUT2D eigenvalue weighted by atomic mass is 32.1. The van der Waals surface area contributed by atoms with Gasteiger partial charge in [0.15, 0.2) is 0 Å². The molecule has 2 heterocycles. The van der Waals surface area contributed by atoms with Crippen molar-refractivity contribution >= 4 is 11.3 Å². The van der Waals surface area contributed by atoms with Crippen LogP contribution in [-0.4, -0.2) is 28.0 Å². The number of nitrogens with zero attached hydrogens (tertiary/aromatic N) is 2. The molecule has 2 aromatic heterocycles. The van der Waals surface area contributed by atoms with E-state index in [1.807, 2.05) is 24.3 Å². The molecule has 0 aromatic carbocycles. The molecule has 2 aromatic rings. The van der Waals surface area contributed by atoms with Crippen LogP contribution in [0.15, 0.2) is 54.6 Å². The first-order valence-corrected chi connectivity index (χ1v) is 7.12. The minimum Gasteiger partial charge on any atom is -0.312 e. The lowest BCUT2D eigenvalue weighted by molar-refractivity contribution is 0.331.